The van der Waals surface area contributed by atoms with E-state index in [0.29, 0.717) is 0 Å². The lowest BCUT2D eigenvalue weighted by molar-refractivity contribution is 0.974. The van der Waals surface area contributed by atoms with Gasteiger partial charge in [0.2, 0.25) is 0 Å². The van der Waals surface area contributed by atoms with Crippen molar-refractivity contribution in [1.82, 2.24) is 9.97 Å². The van der Waals surface area contributed by atoms with E-state index in [1.165, 1.54) is 4.88 Å². The molecule has 0 amide bonds. The number of halogens is 1. The summed E-state index contributed by atoms with van der Waals surface area (Å²) in [6.07, 6.45) is 2.66. The Kier molecular flexibility index (Phi) is 3.53. The molecule has 0 fully saturated rings. The van der Waals surface area contributed by atoms with Gasteiger partial charge in [0.25, 0.3) is 0 Å². The highest BCUT2D eigenvalue weighted by atomic mass is 127. The van der Waals surface area contributed by atoms with Gasteiger partial charge in [0.1, 0.15) is 11.6 Å². The number of rotatable bonds is 3. The molecule has 0 saturated heterocycles. The number of nitrogens with zero attached hydrogens (tertiary/aromatic N) is 2. The number of hydrogen-bond acceptors (Lipinski definition) is 4. The largest absolute Gasteiger partial charge is 0.372 e. The Morgan fingerprint density at radius 1 is 1.53 bits per heavy atom. The van der Waals surface area contributed by atoms with Crippen LogP contribution in [-0.2, 0) is 6.42 Å². The lowest BCUT2D eigenvalue weighted by Gasteiger charge is -2.04. The van der Waals surface area contributed by atoms with E-state index in [2.05, 4.69) is 49.3 Å². The van der Waals surface area contributed by atoms with Crippen molar-refractivity contribution in [2.24, 2.45) is 0 Å². The maximum Gasteiger partial charge on any atom is 0.142 e. The first-order valence-electron chi connectivity index (χ1n) is 4.51. The van der Waals surface area contributed by atoms with Crippen LogP contribution in [0.15, 0.2) is 23.7 Å². The van der Waals surface area contributed by atoms with Gasteiger partial charge in [-0.25, -0.2) is 9.97 Å². The molecule has 0 aliphatic rings. The van der Waals surface area contributed by atoms with Crippen molar-refractivity contribution in [3.8, 4) is 0 Å². The second-order valence-electron chi connectivity index (χ2n) is 2.99. The van der Waals surface area contributed by atoms with Crippen molar-refractivity contribution in [2.45, 2.75) is 6.42 Å². The second kappa shape index (κ2) is 4.89. The fourth-order valence-corrected chi connectivity index (χ4v) is 2.46. The first-order valence-corrected chi connectivity index (χ1v) is 6.47. The summed E-state index contributed by atoms with van der Waals surface area (Å²) >= 11 is 3.96. The van der Waals surface area contributed by atoms with Crippen molar-refractivity contribution in [3.63, 3.8) is 0 Å². The molecule has 0 aliphatic carbocycles. The van der Waals surface area contributed by atoms with Gasteiger partial charge in [-0.2, -0.15) is 0 Å². The fourth-order valence-electron chi connectivity index (χ4n) is 1.23. The molecule has 0 radical (unpaired) electrons. The normalized spacial score (nSPS) is 10.3. The molecule has 3 nitrogen and oxygen atoms in total. The molecular weight excluding hydrogens is 321 g/mol. The number of hydrogen-bond donors (Lipinski definition) is 1. The van der Waals surface area contributed by atoms with E-state index in [4.69, 9.17) is 0 Å². The predicted molar refractivity (Wildman–Crippen MR) is 71.4 cm³/mol. The van der Waals surface area contributed by atoms with Crippen molar-refractivity contribution < 1.29 is 0 Å². The summed E-state index contributed by atoms with van der Waals surface area (Å²) in [4.78, 5) is 10.0. The second-order valence-corrected chi connectivity index (χ2v) is 5.18. The molecular formula is C10H10IN3S. The summed E-state index contributed by atoms with van der Waals surface area (Å²) in [6.45, 7) is 0. The number of nitrogens with one attached hydrogen (secondary N) is 1. The van der Waals surface area contributed by atoms with Crippen LogP contribution in [0, 0.1) is 3.57 Å². The van der Waals surface area contributed by atoms with Gasteiger partial charge >= 0.3 is 0 Å². The van der Waals surface area contributed by atoms with Crippen LogP contribution in [0.4, 0.5) is 5.82 Å². The Bertz CT molecular complexity index is 442. The molecule has 5 heteroatoms. The van der Waals surface area contributed by atoms with E-state index in [1.54, 1.807) is 11.3 Å². The topological polar surface area (TPSA) is 37.8 Å². The lowest BCUT2D eigenvalue weighted by atomic mass is 10.3. The molecule has 0 bridgehead atoms. The Morgan fingerprint density at radius 2 is 2.40 bits per heavy atom. The van der Waals surface area contributed by atoms with Crippen molar-refractivity contribution in [1.29, 1.82) is 0 Å². The van der Waals surface area contributed by atoms with E-state index >= 15 is 0 Å². The minimum atomic E-state index is 0.809. The van der Waals surface area contributed by atoms with E-state index in [9.17, 15) is 0 Å². The van der Waals surface area contributed by atoms with Gasteiger partial charge in [-0.1, -0.05) is 6.07 Å². The fraction of sp³-hybridized carbons (Fsp3) is 0.200. The Hall–Kier alpha value is -0.690. The number of aromatic nitrogens is 2. The summed E-state index contributed by atoms with van der Waals surface area (Å²) in [6, 6.07) is 4.15. The third-order valence-electron chi connectivity index (χ3n) is 1.94. The van der Waals surface area contributed by atoms with Crippen LogP contribution >= 0.6 is 33.9 Å². The minimum absolute atomic E-state index is 0.809. The Labute approximate surface area is 106 Å². The monoisotopic (exact) mass is 331 g/mol. The molecule has 2 heterocycles. The molecule has 0 unspecified atom stereocenters. The van der Waals surface area contributed by atoms with Crippen LogP contribution in [-0.4, -0.2) is 17.0 Å². The first-order chi connectivity index (χ1) is 7.29. The predicted octanol–water partition coefficient (Wildman–Crippen LogP) is 2.78. The highest BCUT2D eigenvalue weighted by molar-refractivity contribution is 14.1. The average Bonchev–Trinajstić information content (AvgIpc) is 2.73. The quantitative estimate of drug-likeness (QED) is 0.879. The van der Waals surface area contributed by atoms with Gasteiger partial charge in [-0.05, 0) is 34.0 Å². The average molecular weight is 331 g/mol. The smallest absolute Gasteiger partial charge is 0.142 e. The van der Waals surface area contributed by atoms with Gasteiger partial charge in [0, 0.05) is 24.5 Å². The third-order valence-corrected chi connectivity index (χ3v) is 3.61. The van der Waals surface area contributed by atoms with Crippen molar-refractivity contribution >= 4 is 39.7 Å². The van der Waals surface area contributed by atoms with Gasteiger partial charge in [-0.15, -0.1) is 11.3 Å². The van der Waals surface area contributed by atoms with Gasteiger partial charge in [0.05, 0.1) is 3.57 Å². The lowest BCUT2D eigenvalue weighted by Crippen LogP contribution is -2.02. The summed E-state index contributed by atoms with van der Waals surface area (Å²) in [5.74, 6) is 1.76. The molecule has 78 valence electrons. The molecule has 2 aromatic heterocycles. The van der Waals surface area contributed by atoms with Crippen LogP contribution < -0.4 is 5.32 Å². The van der Waals surface area contributed by atoms with E-state index in [-0.39, 0.29) is 0 Å². The van der Waals surface area contributed by atoms with Crippen LogP contribution in [0.25, 0.3) is 0 Å². The number of anilines is 1. The highest BCUT2D eigenvalue weighted by Gasteiger charge is 2.04. The third kappa shape index (κ3) is 2.66. The highest BCUT2D eigenvalue weighted by Crippen LogP contribution is 2.16. The standard InChI is InChI=1S/C10H10IN3S/c1-12-10-8(11)6-13-9(14-10)5-7-3-2-4-15-7/h2-4,6H,5H2,1H3,(H,12,13,14). The van der Waals surface area contributed by atoms with E-state index < -0.39 is 0 Å². The molecule has 1 N–H and O–H groups in total. The molecule has 15 heavy (non-hydrogen) atoms. The zero-order chi connectivity index (χ0) is 10.7. The van der Waals surface area contributed by atoms with Crippen LogP contribution in [0.2, 0.25) is 0 Å². The Balaban J connectivity index is 2.22. The summed E-state index contributed by atoms with van der Waals surface area (Å²) in [5.41, 5.74) is 0. The maximum absolute atomic E-state index is 4.44. The molecule has 0 aliphatic heterocycles. The molecule has 0 atom stereocenters. The molecule has 0 spiro atoms. The zero-order valence-electron chi connectivity index (χ0n) is 8.20. The summed E-state index contributed by atoms with van der Waals surface area (Å²) < 4.78 is 1.05. The van der Waals surface area contributed by atoms with E-state index in [1.807, 2.05) is 19.3 Å². The van der Waals surface area contributed by atoms with E-state index in [0.717, 1.165) is 21.6 Å². The SMILES string of the molecule is CNc1nc(Cc2cccs2)ncc1I. The van der Waals surface area contributed by atoms with Crippen LogP contribution in [0.1, 0.15) is 10.7 Å². The van der Waals surface area contributed by atoms with Crippen molar-refractivity contribution in [2.75, 3.05) is 12.4 Å². The molecule has 2 rings (SSSR count). The minimum Gasteiger partial charge on any atom is -0.372 e. The van der Waals surface area contributed by atoms with Gasteiger partial charge < -0.3 is 5.32 Å². The summed E-state index contributed by atoms with van der Waals surface area (Å²) in [5, 5.41) is 5.13. The van der Waals surface area contributed by atoms with Crippen molar-refractivity contribution in [3.05, 3.63) is 38.0 Å². The Morgan fingerprint density at radius 3 is 3.07 bits per heavy atom. The zero-order valence-corrected chi connectivity index (χ0v) is 11.2. The molecule has 0 aromatic carbocycles. The first kappa shape index (κ1) is 10.8. The van der Waals surface area contributed by atoms with Crippen LogP contribution in [0.5, 0.6) is 0 Å². The van der Waals surface area contributed by atoms with Gasteiger partial charge in [0.15, 0.2) is 0 Å². The summed E-state index contributed by atoms with van der Waals surface area (Å²) in [7, 11) is 1.87. The van der Waals surface area contributed by atoms with Gasteiger partial charge in [-0.3, -0.25) is 0 Å². The molecule has 0 saturated carbocycles. The maximum atomic E-state index is 4.44. The van der Waals surface area contributed by atoms with Crippen LogP contribution in [0.3, 0.4) is 0 Å². The number of thiophene rings is 1. The molecule has 2 aromatic rings.